The van der Waals surface area contributed by atoms with Gasteiger partial charge in [-0.1, -0.05) is 0 Å². The minimum absolute atomic E-state index is 0. The summed E-state index contributed by atoms with van der Waals surface area (Å²) in [6.45, 7) is 14.0. The summed E-state index contributed by atoms with van der Waals surface area (Å²) in [5.41, 5.74) is 12.3. The molecule has 0 nitrogen and oxygen atoms in total. The van der Waals surface area contributed by atoms with Gasteiger partial charge in [0.15, 0.2) is 0 Å². The third-order valence-electron chi connectivity index (χ3n) is 7.08. The van der Waals surface area contributed by atoms with Crippen LogP contribution in [0.3, 0.4) is 0 Å². The summed E-state index contributed by atoms with van der Waals surface area (Å²) in [4.78, 5) is 0. The van der Waals surface area contributed by atoms with Crippen molar-refractivity contribution in [2.75, 3.05) is 0 Å². The molecule has 0 saturated carbocycles. The Labute approximate surface area is 235 Å². The molecule has 0 aliphatic heterocycles. The molecule has 35 heavy (non-hydrogen) atoms. The number of benzene rings is 3. The fraction of sp³-hybridized carbons (Fsp3) is 0.312. The zero-order chi connectivity index (χ0) is 23.4. The minimum Gasteiger partial charge on any atom is -1.00 e. The Bertz CT molecular complexity index is 1210. The van der Waals surface area contributed by atoms with Crippen molar-refractivity contribution in [1.29, 1.82) is 0 Å². The Morgan fingerprint density at radius 2 is 1.20 bits per heavy atom. The molecular formula is C32H34Cl2Hf. The quantitative estimate of drug-likeness (QED) is 0.378. The van der Waals surface area contributed by atoms with Gasteiger partial charge in [-0.15, -0.1) is 0 Å². The van der Waals surface area contributed by atoms with Gasteiger partial charge in [-0.25, -0.2) is 0 Å². The molecule has 5 rings (SSSR count). The molecule has 0 atom stereocenters. The van der Waals surface area contributed by atoms with Crippen LogP contribution in [0.1, 0.15) is 79.5 Å². The average molecular weight is 668 g/mol. The monoisotopic (exact) mass is 668 g/mol. The Balaban J connectivity index is 0.00000171. The van der Waals surface area contributed by atoms with Crippen LogP contribution in [0.2, 0.25) is 0 Å². The molecule has 2 aliphatic rings. The molecule has 0 unspecified atom stereocenters. The fourth-order valence-corrected chi connectivity index (χ4v) is 11.4. The molecule has 0 fully saturated rings. The van der Waals surface area contributed by atoms with E-state index in [0.717, 1.165) is 6.42 Å². The van der Waals surface area contributed by atoms with E-state index in [-0.39, 0.29) is 35.6 Å². The van der Waals surface area contributed by atoms with Crippen LogP contribution in [-0.2, 0) is 33.7 Å². The first-order valence-electron chi connectivity index (χ1n) is 12.1. The molecule has 0 radical (unpaired) electrons. The maximum atomic E-state index is 2.55. The molecule has 0 spiro atoms. The average Bonchev–Trinajstić information content (AvgIpc) is 3.36. The van der Waals surface area contributed by atoms with Crippen LogP contribution in [0.15, 0.2) is 82.2 Å². The topological polar surface area (TPSA) is 0 Å². The molecule has 0 amide bonds. The summed E-state index contributed by atoms with van der Waals surface area (Å²) >= 11 is -1.20. The third kappa shape index (κ3) is 5.48. The predicted molar refractivity (Wildman–Crippen MR) is 138 cm³/mol. The van der Waals surface area contributed by atoms with Gasteiger partial charge < -0.3 is 24.8 Å². The first-order valence-corrected chi connectivity index (χ1v) is 16.0. The number of hydrogen-bond acceptors (Lipinski definition) is 0. The van der Waals surface area contributed by atoms with Crippen LogP contribution in [0.25, 0.3) is 16.7 Å². The summed E-state index contributed by atoms with van der Waals surface area (Å²) in [5, 5.41) is 0. The number of fused-ring (bicyclic) bond motifs is 3. The molecule has 0 saturated heterocycles. The van der Waals surface area contributed by atoms with E-state index < -0.39 is 22.9 Å². The number of hydrogen-bond donors (Lipinski definition) is 0. The van der Waals surface area contributed by atoms with Gasteiger partial charge in [0.2, 0.25) is 0 Å². The molecular weight excluding hydrogens is 634 g/mol. The van der Waals surface area contributed by atoms with Crippen molar-refractivity contribution < 1.29 is 47.7 Å². The molecule has 3 aromatic carbocycles. The third-order valence-corrected chi connectivity index (χ3v) is 13.3. The Hall–Kier alpha value is -1.41. The molecule has 2 aliphatic carbocycles. The van der Waals surface area contributed by atoms with Crippen molar-refractivity contribution in [2.24, 2.45) is 0 Å². The molecule has 3 heteroatoms. The van der Waals surface area contributed by atoms with E-state index in [9.17, 15) is 0 Å². The van der Waals surface area contributed by atoms with Gasteiger partial charge in [-0.05, 0) is 0 Å². The summed E-state index contributed by atoms with van der Waals surface area (Å²) in [5.74, 6) is 0. The molecule has 180 valence electrons. The maximum Gasteiger partial charge on any atom is -1.00 e. The molecule has 0 N–H and O–H groups in total. The Morgan fingerprint density at radius 1 is 0.686 bits per heavy atom. The van der Waals surface area contributed by atoms with Crippen molar-refractivity contribution in [3.63, 3.8) is 0 Å². The van der Waals surface area contributed by atoms with E-state index in [1.165, 1.54) is 33.4 Å². The second-order valence-corrected chi connectivity index (χ2v) is 16.8. The number of halogens is 2. The van der Waals surface area contributed by atoms with Crippen LogP contribution in [0, 0.1) is 0 Å². The second kappa shape index (κ2) is 10.5. The van der Waals surface area contributed by atoms with E-state index in [4.69, 9.17) is 0 Å². The van der Waals surface area contributed by atoms with Gasteiger partial charge in [0.25, 0.3) is 0 Å². The summed E-state index contributed by atoms with van der Waals surface area (Å²) in [6, 6.07) is 25.7. The van der Waals surface area contributed by atoms with Crippen molar-refractivity contribution in [1.82, 2.24) is 0 Å². The van der Waals surface area contributed by atoms with Crippen LogP contribution >= 0.6 is 0 Å². The summed E-state index contributed by atoms with van der Waals surface area (Å²) in [6.07, 6.45) is 5.91. The minimum atomic E-state index is -1.20. The van der Waals surface area contributed by atoms with Gasteiger partial charge in [0.1, 0.15) is 0 Å². The number of rotatable bonds is 3. The first kappa shape index (κ1) is 28.2. The Morgan fingerprint density at radius 3 is 1.69 bits per heavy atom. The zero-order valence-electron chi connectivity index (χ0n) is 21.5. The zero-order valence-corrected chi connectivity index (χ0v) is 26.7. The van der Waals surface area contributed by atoms with Crippen molar-refractivity contribution in [2.45, 2.75) is 62.5 Å². The largest absolute Gasteiger partial charge is 1.00 e. The molecule has 3 aromatic rings. The van der Waals surface area contributed by atoms with Gasteiger partial charge >= 0.3 is 212 Å². The van der Waals surface area contributed by atoms with E-state index in [1.54, 1.807) is 14.5 Å². The molecule has 0 bridgehead atoms. The first-order chi connectivity index (χ1) is 15.6. The fourth-order valence-electron chi connectivity index (χ4n) is 5.05. The SMILES string of the molecule is CC(C)(C)c1ccc2c(c1)[CH]([Hf+2][C]1=C(c3ccccc3)C=CC1)c1cc(C(C)(C)C)ccc1-2.[Cl-].[Cl-]. The Kier molecular flexibility index (Phi) is 8.47. The van der Waals surface area contributed by atoms with E-state index >= 15 is 0 Å². The van der Waals surface area contributed by atoms with Crippen molar-refractivity contribution in [3.8, 4) is 11.1 Å². The van der Waals surface area contributed by atoms with E-state index in [1.807, 2.05) is 0 Å². The van der Waals surface area contributed by atoms with Crippen LogP contribution < -0.4 is 24.8 Å². The smallest absolute Gasteiger partial charge is 1.00 e. The predicted octanol–water partition coefficient (Wildman–Crippen LogP) is 2.81. The normalized spacial score (nSPS) is 14.7. The van der Waals surface area contributed by atoms with E-state index in [2.05, 4.69) is 120 Å². The maximum absolute atomic E-state index is 2.55. The van der Waals surface area contributed by atoms with Gasteiger partial charge in [-0.2, -0.15) is 0 Å². The molecule has 0 aromatic heterocycles. The summed E-state index contributed by atoms with van der Waals surface area (Å²) in [7, 11) is 0. The van der Waals surface area contributed by atoms with Crippen LogP contribution in [0.4, 0.5) is 0 Å². The summed E-state index contributed by atoms with van der Waals surface area (Å²) < 4.78 is 2.36. The van der Waals surface area contributed by atoms with Crippen molar-refractivity contribution >= 4 is 5.57 Å². The van der Waals surface area contributed by atoms with Gasteiger partial charge in [0.05, 0.1) is 0 Å². The van der Waals surface area contributed by atoms with Crippen LogP contribution in [0.5, 0.6) is 0 Å². The van der Waals surface area contributed by atoms with Crippen LogP contribution in [-0.4, -0.2) is 0 Å². The number of allylic oxidation sites excluding steroid dienone is 4. The molecule has 0 heterocycles. The second-order valence-electron chi connectivity index (χ2n) is 11.5. The van der Waals surface area contributed by atoms with Crippen molar-refractivity contribution in [3.05, 3.63) is 110 Å². The standard InChI is InChI=1S/C21H25.C11H9.2ClH.Hf/c1-20(2,3)16-7-9-18-14(12-16)11-15-13-17(21(4,5)6)8-10-19(15)18;1-2-6-10(7-3-1)11-8-4-5-9-11;;;/h7-13H,1-6H3;1-4,6-8H,5H2;2*1H;/q;;;;+2/p-2. The van der Waals surface area contributed by atoms with Gasteiger partial charge in [-0.3, -0.25) is 0 Å². The van der Waals surface area contributed by atoms with Gasteiger partial charge in [0, 0.05) is 0 Å². The van der Waals surface area contributed by atoms with E-state index in [0.29, 0.717) is 3.67 Å².